The van der Waals surface area contributed by atoms with Gasteiger partial charge in [-0.1, -0.05) is 12.1 Å². The molecule has 0 radical (unpaired) electrons. The van der Waals surface area contributed by atoms with Gasteiger partial charge >= 0.3 is 0 Å². The molecule has 0 spiro atoms. The fraction of sp³-hybridized carbons (Fsp3) is 0.0769. The van der Waals surface area contributed by atoms with Crippen LogP contribution in [0.25, 0.3) is 33.4 Å². The van der Waals surface area contributed by atoms with Crippen LogP contribution in [0, 0.1) is 0 Å². The molecule has 5 nitrogen and oxygen atoms in total. The van der Waals surface area contributed by atoms with Gasteiger partial charge in [-0.2, -0.15) is 0 Å². The molecule has 0 amide bonds. The van der Waals surface area contributed by atoms with Crippen LogP contribution in [0.5, 0.6) is 11.5 Å². The summed E-state index contributed by atoms with van der Waals surface area (Å²) in [5.41, 5.74) is 3.65. The van der Waals surface area contributed by atoms with Gasteiger partial charge in [-0.15, -0.1) is 0 Å². The first kappa shape index (κ1) is 18.9. The Morgan fingerprint density at radius 2 is 1.26 bits per heavy atom. The van der Waals surface area contributed by atoms with Crippen LogP contribution in [0.15, 0.2) is 77.2 Å². The van der Waals surface area contributed by atoms with Crippen molar-refractivity contribution in [1.29, 1.82) is 0 Å². The van der Waals surface area contributed by atoms with Crippen molar-refractivity contribution in [1.82, 2.24) is 0 Å². The minimum atomic E-state index is -0.214. The molecule has 0 saturated carbocycles. The molecule has 31 heavy (non-hydrogen) atoms. The van der Waals surface area contributed by atoms with Gasteiger partial charge in [0.2, 0.25) is 0 Å². The number of methoxy groups -OCH3 is 2. The van der Waals surface area contributed by atoms with E-state index in [1.165, 1.54) is 12.2 Å². The van der Waals surface area contributed by atoms with Gasteiger partial charge in [0.05, 0.1) is 14.2 Å². The molecule has 0 saturated heterocycles. The molecule has 1 aliphatic rings. The molecule has 0 unspecified atom stereocenters. The van der Waals surface area contributed by atoms with Crippen LogP contribution in [0.4, 0.5) is 0 Å². The Morgan fingerprint density at radius 1 is 0.677 bits per heavy atom. The van der Waals surface area contributed by atoms with Gasteiger partial charge in [0.15, 0.2) is 11.6 Å². The van der Waals surface area contributed by atoms with Crippen molar-refractivity contribution in [2.24, 2.45) is 0 Å². The van der Waals surface area contributed by atoms with E-state index in [9.17, 15) is 9.59 Å². The molecule has 0 aliphatic heterocycles. The summed E-state index contributed by atoms with van der Waals surface area (Å²) in [6.45, 7) is 0. The third kappa shape index (κ3) is 3.11. The highest BCUT2D eigenvalue weighted by molar-refractivity contribution is 6.27. The normalized spacial score (nSPS) is 12.8. The van der Waals surface area contributed by atoms with Crippen molar-refractivity contribution in [3.8, 4) is 33.9 Å². The van der Waals surface area contributed by atoms with E-state index in [2.05, 4.69) is 0 Å². The maximum atomic E-state index is 12.8. The zero-order valence-corrected chi connectivity index (χ0v) is 17.0. The number of carbonyl (C=O) groups is 2. The average molecular weight is 410 g/mol. The number of allylic oxidation sites excluding steroid dienone is 2. The minimum Gasteiger partial charge on any atom is -0.497 e. The summed E-state index contributed by atoms with van der Waals surface area (Å²) in [6.07, 6.45) is 2.63. The van der Waals surface area contributed by atoms with Crippen molar-refractivity contribution in [3.05, 3.63) is 83.9 Å². The van der Waals surface area contributed by atoms with Crippen LogP contribution in [-0.4, -0.2) is 25.8 Å². The summed E-state index contributed by atoms with van der Waals surface area (Å²) < 4.78 is 16.6. The second-order valence-corrected chi connectivity index (χ2v) is 7.22. The first-order chi connectivity index (χ1) is 15.1. The Hall–Kier alpha value is -4.12. The van der Waals surface area contributed by atoms with E-state index in [1.807, 2.05) is 54.6 Å². The Morgan fingerprint density at radius 3 is 1.87 bits per heavy atom. The van der Waals surface area contributed by atoms with Crippen molar-refractivity contribution in [2.75, 3.05) is 14.2 Å². The molecule has 0 fully saturated rings. The van der Waals surface area contributed by atoms with E-state index >= 15 is 0 Å². The number of hydrogen-bond donors (Lipinski definition) is 0. The first-order valence-electron chi connectivity index (χ1n) is 9.75. The van der Waals surface area contributed by atoms with Crippen molar-refractivity contribution < 1.29 is 23.5 Å². The molecule has 0 bridgehead atoms. The number of fused-ring (bicyclic) bond motifs is 2. The van der Waals surface area contributed by atoms with E-state index in [4.69, 9.17) is 13.9 Å². The Labute approximate surface area is 178 Å². The largest absolute Gasteiger partial charge is 0.497 e. The highest BCUT2D eigenvalue weighted by Crippen LogP contribution is 2.41. The van der Waals surface area contributed by atoms with Gasteiger partial charge in [-0.25, -0.2) is 0 Å². The zero-order chi connectivity index (χ0) is 21.5. The van der Waals surface area contributed by atoms with Gasteiger partial charge < -0.3 is 13.9 Å². The summed E-state index contributed by atoms with van der Waals surface area (Å²) in [7, 11) is 3.21. The van der Waals surface area contributed by atoms with Gasteiger partial charge in [-0.3, -0.25) is 9.59 Å². The lowest BCUT2D eigenvalue weighted by Crippen LogP contribution is -2.13. The molecule has 5 rings (SSSR count). The van der Waals surface area contributed by atoms with Crippen LogP contribution in [0.2, 0.25) is 0 Å². The van der Waals surface area contributed by atoms with Crippen LogP contribution in [0.3, 0.4) is 0 Å². The number of ketones is 2. The SMILES string of the molecule is COc1ccc(-c2cc3c(-c4ccc(OC)cc4)c4c(cc3o2)C(=O)C=CC4=O)cc1. The fourth-order valence-corrected chi connectivity index (χ4v) is 3.91. The molecule has 152 valence electrons. The number of rotatable bonds is 4. The standard InChI is InChI=1S/C26H18O5/c1-29-17-7-3-15(4-8-17)23-14-20-24(31-23)13-19-21(27)11-12-22(28)26(19)25(20)16-5-9-18(30-2)10-6-16/h3-14H,1-2H3. The molecule has 5 heteroatoms. The summed E-state index contributed by atoms with van der Waals surface area (Å²) in [5, 5.41) is 0.770. The smallest absolute Gasteiger partial charge is 0.187 e. The number of ether oxygens (including phenoxy) is 2. The molecular weight excluding hydrogens is 392 g/mol. The predicted octanol–water partition coefficient (Wildman–Crippen LogP) is 5.72. The maximum absolute atomic E-state index is 12.8. The lowest BCUT2D eigenvalue weighted by molar-refractivity contribution is 0.0994. The van der Waals surface area contributed by atoms with Gasteiger partial charge in [0.25, 0.3) is 0 Å². The van der Waals surface area contributed by atoms with Gasteiger partial charge in [0, 0.05) is 27.6 Å². The molecule has 4 aromatic rings. The molecule has 1 aliphatic carbocycles. The molecule has 0 atom stereocenters. The van der Waals surface area contributed by atoms with E-state index in [0.29, 0.717) is 33.8 Å². The second-order valence-electron chi connectivity index (χ2n) is 7.22. The monoisotopic (exact) mass is 410 g/mol. The van der Waals surface area contributed by atoms with Crippen molar-refractivity contribution in [2.45, 2.75) is 0 Å². The second kappa shape index (κ2) is 7.29. The van der Waals surface area contributed by atoms with Gasteiger partial charge in [0.1, 0.15) is 22.8 Å². The van der Waals surface area contributed by atoms with Crippen LogP contribution in [0.1, 0.15) is 20.7 Å². The van der Waals surface area contributed by atoms with Crippen molar-refractivity contribution in [3.63, 3.8) is 0 Å². The highest BCUT2D eigenvalue weighted by Gasteiger charge is 2.27. The third-order valence-corrected chi connectivity index (χ3v) is 5.48. The van der Waals surface area contributed by atoms with E-state index in [0.717, 1.165) is 22.3 Å². The van der Waals surface area contributed by atoms with E-state index in [1.54, 1.807) is 20.3 Å². The Balaban J connectivity index is 1.78. The molecular formula is C26H18O5. The summed E-state index contributed by atoms with van der Waals surface area (Å²) in [4.78, 5) is 25.4. The summed E-state index contributed by atoms with van der Waals surface area (Å²) in [5.74, 6) is 1.68. The zero-order valence-electron chi connectivity index (χ0n) is 17.0. The number of hydrogen-bond acceptors (Lipinski definition) is 5. The predicted molar refractivity (Wildman–Crippen MR) is 118 cm³/mol. The topological polar surface area (TPSA) is 65.7 Å². The number of furan rings is 1. The number of benzene rings is 3. The van der Waals surface area contributed by atoms with Crippen LogP contribution in [-0.2, 0) is 0 Å². The molecule has 3 aromatic carbocycles. The van der Waals surface area contributed by atoms with Gasteiger partial charge in [-0.05, 0) is 66.2 Å². The fourth-order valence-electron chi connectivity index (χ4n) is 3.91. The molecule has 1 heterocycles. The maximum Gasteiger partial charge on any atom is 0.187 e. The quantitative estimate of drug-likeness (QED) is 0.431. The van der Waals surface area contributed by atoms with Crippen LogP contribution < -0.4 is 9.47 Å². The third-order valence-electron chi connectivity index (χ3n) is 5.48. The molecule has 1 aromatic heterocycles. The van der Waals surface area contributed by atoms with E-state index < -0.39 is 0 Å². The summed E-state index contributed by atoms with van der Waals surface area (Å²) in [6, 6.07) is 18.5. The van der Waals surface area contributed by atoms with Crippen LogP contribution >= 0.6 is 0 Å². The Kier molecular flexibility index (Phi) is 4.44. The van der Waals surface area contributed by atoms with Crippen molar-refractivity contribution >= 4 is 22.5 Å². The average Bonchev–Trinajstić information content (AvgIpc) is 3.24. The minimum absolute atomic E-state index is 0.200. The number of carbonyl (C=O) groups excluding carboxylic acids is 2. The Bertz CT molecular complexity index is 1360. The lowest BCUT2D eigenvalue weighted by atomic mass is 9.85. The summed E-state index contributed by atoms with van der Waals surface area (Å²) >= 11 is 0. The lowest BCUT2D eigenvalue weighted by Gasteiger charge is -2.15. The first-order valence-corrected chi connectivity index (χ1v) is 9.75. The van der Waals surface area contributed by atoms with E-state index in [-0.39, 0.29) is 11.6 Å². The highest BCUT2D eigenvalue weighted by atomic mass is 16.5. The molecule has 0 N–H and O–H groups in total.